The van der Waals surface area contributed by atoms with E-state index in [1.807, 2.05) is 42.7 Å². The van der Waals surface area contributed by atoms with E-state index in [0.717, 1.165) is 16.8 Å². The number of rotatable bonds is 8. The smallest absolute Gasteiger partial charge is 0.338 e. The SMILES string of the molecule is CCOC(=O)C1=C(CSc2nncn2-c2ccc(C)cc2C)NC(=O)NC1c1ccc(OC)cc1. The number of nitrogens with one attached hydrogen (secondary N) is 2. The van der Waals surface area contributed by atoms with Crippen LogP contribution in [0.25, 0.3) is 5.69 Å². The van der Waals surface area contributed by atoms with Crippen LogP contribution in [-0.4, -0.2) is 46.2 Å². The topological polar surface area (TPSA) is 107 Å². The van der Waals surface area contributed by atoms with Crippen LogP contribution >= 0.6 is 11.8 Å². The number of benzene rings is 2. The Kier molecular flexibility index (Phi) is 7.40. The van der Waals surface area contributed by atoms with Crippen LogP contribution in [0.4, 0.5) is 4.79 Å². The van der Waals surface area contributed by atoms with Crippen LogP contribution in [0, 0.1) is 13.8 Å². The molecule has 2 aromatic carbocycles. The molecule has 2 heterocycles. The van der Waals surface area contributed by atoms with E-state index in [1.165, 1.54) is 17.3 Å². The Morgan fingerprint density at radius 2 is 1.94 bits per heavy atom. The fourth-order valence-electron chi connectivity index (χ4n) is 3.93. The molecule has 0 aliphatic carbocycles. The number of nitrogens with zero attached hydrogens (tertiary/aromatic N) is 3. The lowest BCUT2D eigenvalue weighted by Gasteiger charge is -2.29. The number of hydrogen-bond donors (Lipinski definition) is 2. The van der Waals surface area contributed by atoms with E-state index in [-0.39, 0.29) is 12.4 Å². The molecule has 4 rings (SSSR count). The molecule has 1 aliphatic heterocycles. The zero-order chi connectivity index (χ0) is 24.9. The lowest BCUT2D eigenvalue weighted by Crippen LogP contribution is -2.46. The van der Waals surface area contributed by atoms with Crippen molar-refractivity contribution < 1.29 is 19.1 Å². The quantitative estimate of drug-likeness (QED) is 0.362. The number of aromatic nitrogens is 3. The number of methoxy groups -OCH3 is 1. The van der Waals surface area contributed by atoms with Gasteiger partial charge in [0.05, 0.1) is 31.0 Å². The average Bonchev–Trinajstić information content (AvgIpc) is 3.30. The summed E-state index contributed by atoms with van der Waals surface area (Å²) in [6.07, 6.45) is 1.65. The summed E-state index contributed by atoms with van der Waals surface area (Å²) in [6.45, 7) is 6.04. The van der Waals surface area contributed by atoms with E-state index in [4.69, 9.17) is 9.47 Å². The van der Waals surface area contributed by atoms with Gasteiger partial charge in [-0.25, -0.2) is 9.59 Å². The standard InChI is InChI=1S/C25H27N5O4S/c1-5-34-23(31)21-19(27-24(32)28-22(21)17-7-9-18(33-4)10-8-17)13-35-25-29-26-14-30(25)20-11-6-15(2)12-16(20)3/h6-12,14,22H,5,13H2,1-4H3,(H2,27,28,32). The fraction of sp³-hybridized carbons (Fsp3) is 0.280. The average molecular weight is 494 g/mol. The Bertz CT molecular complexity index is 1270. The van der Waals surface area contributed by atoms with E-state index in [9.17, 15) is 9.59 Å². The number of carbonyl (C=O) groups is 2. The molecular formula is C25H27N5O4S. The zero-order valence-corrected chi connectivity index (χ0v) is 20.8. The van der Waals surface area contributed by atoms with Crippen molar-refractivity contribution in [1.29, 1.82) is 0 Å². The van der Waals surface area contributed by atoms with Crippen molar-refractivity contribution in [2.45, 2.75) is 32.0 Å². The summed E-state index contributed by atoms with van der Waals surface area (Å²) in [7, 11) is 1.58. The third kappa shape index (κ3) is 5.32. The summed E-state index contributed by atoms with van der Waals surface area (Å²) in [5.74, 6) is 0.474. The largest absolute Gasteiger partial charge is 0.497 e. The van der Waals surface area contributed by atoms with E-state index in [0.29, 0.717) is 22.2 Å². The molecule has 35 heavy (non-hydrogen) atoms. The Hall–Kier alpha value is -3.79. The summed E-state index contributed by atoms with van der Waals surface area (Å²) in [6, 6.07) is 12.3. The zero-order valence-electron chi connectivity index (χ0n) is 20.0. The van der Waals surface area contributed by atoms with Crippen molar-refractivity contribution in [3.8, 4) is 11.4 Å². The van der Waals surface area contributed by atoms with Gasteiger partial charge in [0.25, 0.3) is 0 Å². The van der Waals surface area contributed by atoms with Gasteiger partial charge in [0.15, 0.2) is 5.16 Å². The summed E-state index contributed by atoms with van der Waals surface area (Å²) in [5.41, 5.74) is 4.78. The normalized spacial score (nSPS) is 15.4. The molecule has 9 nitrogen and oxygen atoms in total. The molecule has 0 spiro atoms. The van der Waals surface area contributed by atoms with Crippen LogP contribution < -0.4 is 15.4 Å². The van der Waals surface area contributed by atoms with Gasteiger partial charge in [0.1, 0.15) is 12.1 Å². The number of aryl methyl sites for hydroxylation is 2. The van der Waals surface area contributed by atoms with E-state index in [1.54, 1.807) is 32.5 Å². The van der Waals surface area contributed by atoms with Crippen LogP contribution in [0.1, 0.15) is 29.7 Å². The summed E-state index contributed by atoms with van der Waals surface area (Å²) in [5, 5.41) is 14.6. The Labute approximate surface area is 207 Å². The monoisotopic (exact) mass is 493 g/mol. The molecule has 0 bridgehead atoms. The van der Waals surface area contributed by atoms with E-state index < -0.39 is 18.0 Å². The van der Waals surface area contributed by atoms with Gasteiger partial charge >= 0.3 is 12.0 Å². The van der Waals surface area contributed by atoms with Crippen LogP contribution in [-0.2, 0) is 9.53 Å². The van der Waals surface area contributed by atoms with Crippen molar-refractivity contribution in [2.24, 2.45) is 0 Å². The maximum absolute atomic E-state index is 13.0. The van der Waals surface area contributed by atoms with Gasteiger partial charge in [-0.3, -0.25) is 4.57 Å². The van der Waals surface area contributed by atoms with Crippen molar-refractivity contribution in [2.75, 3.05) is 19.5 Å². The minimum Gasteiger partial charge on any atom is -0.497 e. The third-order valence-corrected chi connectivity index (χ3v) is 6.54. The summed E-state index contributed by atoms with van der Waals surface area (Å²) in [4.78, 5) is 25.6. The minimum absolute atomic E-state index is 0.215. The molecular weight excluding hydrogens is 466 g/mol. The number of thioether (sulfide) groups is 1. The van der Waals surface area contributed by atoms with Crippen molar-refractivity contribution in [1.82, 2.24) is 25.4 Å². The maximum atomic E-state index is 13.0. The van der Waals surface area contributed by atoms with Crippen LogP contribution in [0.3, 0.4) is 0 Å². The number of hydrogen-bond acceptors (Lipinski definition) is 7. The molecule has 0 saturated carbocycles. The predicted octanol–water partition coefficient (Wildman–Crippen LogP) is 3.86. The molecule has 0 radical (unpaired) electrons. The molecule has 0 saturated heterocycles. The molecule has 1 atom stereocenters. The highest BCUT2D eigenvalue weighted by Gasteiger charge is 2.34. The highest BCUT2D eigenvalue weighted by Crippen LogP contribution is 2.32. The first-order valence-corrected chi connectivity index (χ1v) is 12.1. The molecule has 1 aliphatic rings. The number of esters is 1. The molecule has 1 aromatic heterocycles. The second kappa shape index (κ2) is 10.6. The van der Waals surface area contributed by atoms with Gasteiger partial charge in [0, 0.05) is 11.4 Å². The maximum Gasteiger partial charge on any atom is 0.338 e. The first kappa shape index (κ1) is 24.3. The fourth-order valence-corrected chi connectivity index (χ4v) is 4.82. The van der Waals surface area contributed by atoms with E-state index >= 15 is 0 Å². The summed E-state index contributed by atoms with van der Waals surface area (Å²) < 4.78 is 12.5. The van der Waals surface area contributed by atoms with Gasteiger partial charge in [-0.05, 0) is 50.1 Å². The lowest BCUT2D eigenvalue weighted by atomic mass is 9.95. The molecule has 2 amide bonds. The second-order valence-corrected chi connectivity index (χ2v) is 8.92. The predicted molar refractivity (Wildman–Crippen MR) is 133 cm³/mol. The number of urea groups is 1. The molecule has 182 valence electrons. The van der Waals surface area contributed by atoms with Gasteiger partial charge < -0.3 is 20.1 Å². The molecule has 2 N–H and O–H groups in total. The first-order chi connectivity index (χ1) is 16.9. The number of carbonyl (C=O) groups excluding carboxylic acids is 2. The Morgan fingerprint density at radius 3 is 2.63 bits per heavy atom. The van der Waals surface area contributed by atoms with Gasteiger partial charge in [-0.15, -0.1) is 10.2 Å². The first-order valence-electron chi connectivity index (χ1n) is 11.1. The third-order valence-electron chi connectivity index (χ3n) is 5.57. The van der Waals surface area contributed by atoms with Crippen molar-refractivity contribution in [3.63, 3.8) is 0 Å². The lowest BCUT2D eigenvalue weighted by molar-refractivity contribution is -0.139. The van der Waals surface area contributed by atoms with E-state index in [2.05, 4.69) is 26.9 Å². The van der Waals surface area contributed by atoms with Gasteiger partial charge in [0.2, 0.25) is 0 Å². The molecule has 10 heteroatoms. The summed E-state index contributed by atoms with van der Waals surface area (Å²) >= 11 is 1.37. The van der Waals surface area contributed by atoms with Gasteiger partial charge in [-0.2, -0.15) is 0 Å². The highest BCUT2D eigenvalue weighted by molar-refractivity contribution is 7.99. The second-order valence-electron chi connectivity index (χ2n) is 7.98. The molecule has 3 aromatic rings. The van der Waals surface area contributed by atoms with Crippen LogP contribution in [0.5, 0.6) is 5.75 Å². The number of ether oxygens (including phenoxy) is 2. The molecule has 0 fully saturated rings. The Morgan fingerprint density at radius 1 is 1.17 bits per heavy atom. The highest BCUT2D eigenvalue weighted by atomic mass is 32.2. The number of amides is 2. The molecule has 1 unspecified atom stereocenters. The Balaban J connectivity index is 1.67. The van der Waals surface area contributed by atoms with Crippen LogP contribution in [0.15, 0.2) is 65.2 Å². The van der Waals surface area contributed by atoms with Crippen LogP contribution in [0.2, 0.25) is 0 Å². The van der Waals surface area contributed by atoms with Crippen molar-refractivity contribution >= 4 is 23.8 Å². The minimum atomic E-state index is -0.665. The van der Waals surface area contributed by atoms with Gasteiger partial charge in [-0.1, -0.05) is 41.6 Å². The van der Waals surface area contributed by atoms with Crippen molar-refractivity contribution in [3.05, 3.63) is 76.8 Å².